The summed E-state index contributed by atoms with van der Waals surface area (Å²) in [6.07, 6.45) is 0. The van der Waals surface area contributed by atoms with E-state index in [-0.39, 0.29) is 0 Å². The molecule has 154 valence electrons. The standard InChI is InChI=1S/C24H25N3O2S/c1-3-27-23(17-29-22-14-13-19-9-7-8-12-21(19)18(22)2)25-26-24(27)30-16-15-28-20-10-5-4-6-11-20/h4-14H,3,15-17H2,1-2H3. The van der Waals surface area contributed by atoms with Gasteiger partial charge in [0.05, 0.1) is 6.61 Å². The summed E-state index contributed by atoms with van der Waals surface area (Å²) in [4.78, 5) is 0. The molecule has 1 heterocycles. The summed E-state index contributed by atoms with van der Waals surface area (Å²) in [6.45, 7) is 5.99. The van der Waals surface area contributed by atoms with Crippen LogP contribution in [0, 0.1) is 6.92 Å². The van der Waals surface area contributed by atoms with Crippen LogP contribution in [0.1, 0.15) is 18.3 Å². The Morgan fingerprint density at radius 3 is 2.53 bits per heavy atom. The van der Waals surface area contributed by atoms with Gasteiger partial charge in [-0.05, 0) is 48.4 Å². The first-order chi connectivity index (χ1) is 14.8. The smallest absolute Gasteiger partial charge is 0.191 e. The first-order valence-electron chi connectivity index (χ1n) is 10.1. The highest BCUT2D eigenvalue weighted by Gasteiger charge is 2.13. The lowest BCUT2D eigenvalue weighted by atomic mass is 10.0. The SMILES string of the molecule is CCn1c(COc2ccc3ccccc3c2C)nnc1SCCOc1ccccc1. The lowest BCUT2D eigenvalue weighted by Crippen LogP contribution is -2.08. The molecule has 4 rings (SSSR count). The van der Waals surface area contributed by atoms with Gasteiger partial charge in [0.25, 0.3) is 0 Å². The summed E-state index contributed by atoms with van der Waals surface area (Å²) < 4.78 is 14.0. The number of para-hydroxylation sites is 1. The topological polar surface area (TPSA) is 49.2 Å². The van der Waals surface area contributed by atoms with Crippen molar-refractivity contribution in [3.05, 3.63) is 78.1 Å². The molecule has 0 saturated carbocycles. The van der Waals surface area contributed by atoms with Crippen LogP contribution < -0.4 is 9.47 Å². The fourth-order valence-electron chi connectivity index (χ4n) is 3.37. The van der Waals surface area contributed by atoms with E-state index in [0.717, 1.165) is 40.3 Å². The van der Waals surface area contributed by atoms with Crippen molar-refractivity contribution in [3.8, 4) is 11.5 Å². The highest BCUT2D eigenvalue weighted by Crippen LogP contribution is 2.28. The maximum atomic E-state index is 6.11. The van der Waals surface area contributed by atoms with Crippen LogP contribution in [0.4, 0.5) is 0 Å². The predicted molar refractivity (Wildman–Crippen MR) is 121 cm³/mol. The van der Waals surface area contributed by atoms with Crippen LogP contribution in [-0.2, 0) is 13.2 Å². The van der Waals surface area contributed by atoms with E-state index in [1.54, 1.807) is 11.8 Å². The van der Waals surface area contributed by atoms with Gasteiger partial charge in [0.1, 0.15) is 18.1 Å². The largest absolute Gasteiger partial charge is 0.493 e. The molecule has 3 aromatic carbocycles. The quantitative estimate of drug-likeness (QED) is 0.264. The third-order valence-electron chi connectivity index (χ3n) is 4.94. The van der Waals surface area contributed by atoms with Crippen molar-refractivity contribution in [2.75, 3.05) is 12.4 Å². The molecule has 0 fully saturated rings. The number of aromatic nitrogens is 3. The number of thioether (sulfide) groups is 1. The molecular formula is C24H25N3O2S. The van der Waals surface area contributed by atoms with Crippen molar-refractivity contribution >= 4 is 22.5 Å². The summed E-state index contributed by atoms with van der Waals surface area (Å²) in [6, 6.07) is 22.3. The number of hydrogen-bond acceptors (Lipinski definition) is 5. The van der Waals surface area contributed by atoms with Gasteiger partial charge in [-0.3, -0.25) is 0 Å². The van der Waals surface area contributed by atoms with Gasteiger partial charge in [-0.15, -0.1) is 10.2 Å². The summed E-state index contributed by atoms with van der Waals surface area (Å²) >= 11 is 1.65. The first kappa shape index (κ1) is 20.3. The summed E-state index contributed by atoms with van der Waals surface area (Å²) in [5.74, 6) is 3.40. The molecule has 0 saturated heterocycles. The number of aryl methyl sites for hydroxylation is 1. The Morgan fingerprint density at radius 2 is 1.70 bits per heavy atom. The zero-order valence-corrected chi connectivity index (χ0v) is 18.1. The molecule has 0 aliphatic carbocycles. The minimum atomic E-state index is 0.390. The van der Waals surface area contributed by atoms with Crippen molar-refractivity contribution in [2.45, 2.75) is 32.2 Å². The monoisotopic (exact) mass is 419 g/mol. The van der Waals surface area contributed by atoms with Gasteiger partial charge >= 0.3 is 0 Å². The Bertz CT molecular complexity index is 1110. The molecular weight excluding hydrogens is 394 g/mol. The Kier molecular flexibility index (Phi) is 6.54. The van der Waals surface area contributed by atoms with Gasteiger partial charge in [0.15, 0.2) is 11.0 Å². The van der Waals surface area contributed by atoms with Crippen LogP contribution in [0.5, 0.6) is 11.5 Å². The molecule has 0 atom stereocenters. The minimum Gasteiger partial charge on any atom is -0.493 e. The van der Waals surface area contributed by atoms with Crippen LogP contribution in [0.25, 0.3) is 10.8 Å². The highest BCUT2D eigenvalue weighted by molar-refractivity contribution is 7.99. The molecule has 0 aliphatic rings. The van der Waals surface area contributed by atoms with E-state index in [2.05, 4.69) is 58.9 Å². The van der Waals surface area contributed by atoms with Gasteiger partial charge in [0, 0.05) is 12.3 Å². The molecule has 0 radical (unpaired) electrons. The molecule has 0 unspecified atom stereocenters. The lowest BCUT2D eigenvalue weighted by Gasteiger charge is -2.12. The van der Waals surface area contributed by atoms with Crippen LogP contribution in [0.15, 0.2) is 71.9 Å². The van der Waals surface area contributed by atoms with E-state index in [1.807, 2.05) is 36.4 Å². The molecule has 1 aromatic heterocycles. The second kappa shape index (κ2) is 9.67. The van der Waals surface area contributed by atoms with Crippen molar-refractivity contribution in [3.63, 3.8) is 0 Å². The minimum absolute atomic E-state index is 0.390. The number of benzene rings is 3. The maximum absolute atomic E-state index is 6.11. The van der Waals surface area contributed by atoms with Crippen LogP contribution >= 0.6 is 11.8 Å². The lowest BCUT2D eigenvalue weighted by molar-refractivity contribution is 0.287. The molecule has 0 N–H and O–H groups in total. The molecule has 0 amide bonds. The fraction of sp³-hybridized carbons (Fsp3) is 0.250. The summed E-state index contributed by atoms with van der Waals surface area (Å²) in [5, 5.41) is 12.0. The zero-order valence-electron chi connectivity index (χ0n) is 17.2. The van der Waals surface area contributed by atoms with E-state index >= 15 is 0 Å². The molecule has 0 aliphatic heterocycles. The first-order valence-corrected chi connectivity index (χ1v) is 11.1. The van der Waals surface area contributed by atoms with Crippen LogP contribution in [-0.4, -0.2) is 27.1 Å². The normalized spacial score (nSPS) is 11.0. The molecule has 30 heavy (non-hydrogen) atoms. The summed E-state index contributed by atoms with van der Waals surface area (Å²) in [5.41, 5.74) is 1.14. The molecule has 6 heteroatoms. The average Bonchev–Trinajstić information content (AvgIpc) is 3.19. The average molecular weight is 420 g/mol. The number of hydrogen-bond donors (Lipinski definition) is 0. The predicted octanol–water partition coefficient (Wildman–Crippen LogP) is 5.51. The Balaban J connectivity index is 1.37. The molecule has 4 aromatic rings. The Labute approximate surface area is 181 Å². The molecule has 0 bridgehead atoms. The second-order valence-corrected chi connectivity index (χ2v) is 7.91. The van der Waals surface area contributed by atoms with Crippen molar-refractivity contribution < 1.29 is 9.47 Å². The zero-order chi connectivity index (χ0) is 20.8. The third kappa shape index (κ3) is 4.60. The second-order valence-electron chi connectivity index (χ2n) is 6.85. The van der Waals surface area contributed by atoms with E-state index in [9.17, 15) is 0 Å². The van der Waals surface area contributed by atoms with E-state index in [4.69, 9.17) is 9.47 Å². The van der Waals surface area contributed by atoms with Gasteiger partial charge in [-0.25, -0.2) is 0 Å². The van der Waals surface area contributed by atoms with Crippen molar-refractivity contribution in [1.29, 1.82) is 0 Å². The van der Waals surface area contributed by atoms with Crippen LogP contribution in [0.3, 0.4) is 0 Å². The van der Waals surface area contributed by atoms with Gasteiger partial charge in [-0.1, -0.05) is 60.3 Å². The van der Waals surface area contributed by atoms with Gasteiger partial charge in [-0.2, -0.15) is 0 Å². The van der Waals surface area contributed by atoms with Crippen LogP contribution in [0.2, 0.25) is 0 Å². The molecule has 0 spiro atoms. The Hall–Kier alpha value is -2.99. The van der Waals surface area contributed by atoms with E-state index < -0.39 is 0 Å². The van der Waals surface area contributed by atoms with Crippen molar-refractivity contribution in [1.82, 2.24) is 14.8 Å². The number of rotatable bonds is 9. The fourth-order valence-corrected chi connectivity index (χ4v) is 4.20. The van der Waals surface area contributed by atoms with E-state index in [0.29, 0.717) is 13.2 Å². The van der Waals surface area contributed by atoms with E-state index in [1.165, 1.54) is 10.8 Å². The summed E-state index contributed by atoms with van der Waals surface area (Å²) in [7, 11) is 0. The Morgan fingerprint density at radius 1 is 0.900 bits per heavy atom. The number of ether oxygens (including phenoxy) is 2. The molecule has 5 nitrogen and oxygen atoms in total. The van der Waals surface area contributed by atoms with Crippen molar-refractivity contribution in [2.24, 2.45) is 0 Å². The van der Waals surface area contributed by atoms with Gasteiger partial charge in [0.2, 0.25) is 0 Å². The van der Waals surface area contributed by atoms with Gasteiger partial charge < -0.3 is 14.0 Å². The maximum Gasteiger partial charge on any atom is 0.191 e. The number of nitrogens with zero attached hydrogens (tertiary/aromatic N) is 3. The third-order valence-corrected chi connectivity index (χ3v) is 5.87. The highest BCUT2D eigenvalue weighted by atomic mass is 32.2. The number of fused-ring (bicyclic) bond motifs is 1.